The lowest BCUT2D eigenvalue weighted by Crippen LogP contribution is -2.14. The molecule has 6 heteroatoms. The van der Waals surface area contributed by atoms with Crippen molar-refractivity contribution in [3.05, 3.63) is 40.8 Å². The minimum absolute atomic E-state index is 0.210. The highest BCUT2D eigenvalue weighted by atomic mass is 35.5. The summed E-state index contributed by atoms with van der Waals surface area (Å²) in [6.45, 7) is 4.51. The molecule has 5 nitrogen and oxygen atoms in total. The van der Waals surface area contributed by atoms with Crippen molar-refractivity contribution in [2.75, 3.05) is 5.32 Å². The number of amides is 1. The van der Waals surface area contributed by atoms with Gasteiger partial charge in [0.2, 0.25) is 0 Å². The van der Waals surface area contributed by atoms with E-state index >= 15 is 0 Å². The van der Waals surface area contributed by atoms with E-state index in [1.807, 2.05) is 19.9 Å². The van der Waals surface area contributed by atoms with Gasteiger partial charge in [-0.1, -0.05) is 11.6 Å². The van der Waals surface area contributed by atoms with Crippen molar-refractivity contribution in [2.45, 2.75) is 20.4 Å². The summed E-state index contributed by atoms with van der Waals surface area (Å²) in [5, 5.41) is 7.09. The Morgan fingerprint density at radius 3 is 2.94 bits per heavy atom. The van der Waals surface area contributed by atoms with E-state index in [0.29, 0.717) is 17.4 Å². The molecule has 0 aliphatic carbocycles. The van der Waals surface area contributed by atoms with Crippen LogP contribution in [0.3, 0.4) is 0 Å². The summed E-state index contributed by atoms with van der Waals surface area (Å²) in [4.78, 5) is 16.0. The van der Waals surface area contributed by atoms with Gasteiger partial charge in [0.25, 0.3) is 5.91 Å². The monoisotopic (exact) mass is 264 g/mol. The Morgan fingerprint density at radius 2 is 2.33 bits per heavy atom. The molecular weight excluding hydrogens is 252 g/mol. The average molecular weight is 265 g/mol. The van der Waals surface area contributed by atoms with E-state index in [4.69, 9.17) is 11.6 Å². The Morgan fingerprint density at radius 1 is 1.56 bits per heavy atom. The predicted molar refractivity (Wildman–Crippen MR) is 69.8 cm³/mol. The van der Waals surface area contributed by atoms with Crippen molar-refractivity contribution in [3.8, 4) is 0 Å². The van der Waals surface area contributed by atoms with Crippen LogP contribution in [0.1, 0.15) is 23.0 Å². The van der Waals surface area contributed by atoms with Gasteiger partial charge in [0, 0.05) is 18.9 Å². The Labute approximate surface area is 110 Å². The third-order valence-corrected chi connectivity index (χ3v) is 2.69. The zero-order chi connectivity index (χ0) is 13.1. The summed E-state index contributed by atoms with van der Waals surface area (Å²) >= 11 is 5.95. The van der Waals surface area contributed by atoms with Crippen LogP contribution >= 0.6 is 11.6 Å². The molecule has 2 aromatic rings. The van der Waals surface area contributed by atoms with Gasteiger partial charge >= 0.3 is 0 Å². The average Bonchev–Trinajstić information content (AvgIpc) is 2.70. The van der Waals surface area contributed by atoms with E-state index in [1.54, 1.807) is 23.1 Å². The van der Waals surface area contributed by atoms with Crippen LogP contribution in [0.5, 0.6) is 0 Å². The SMILES string of the molecule is CCn1cc(Cl)c(C(=O)Nc2cc(C)ccn2)n1. The maximum absolute atomic E-state index is 12.0. The van der Waals surface area contributed by atoms with Crippen LogP contribution in [0, 0.1) is 6.92 Å². The Kier molecular flexibility index (Phi) is 3.62. The second-order valence-corrected chi connectivity index (χ2v) is 4.26. The third-order valence-electron chi connectivity index (χ3n) is 2.41. The molecule has 0 atom stereocenters. The van der Waals surface area contributed by atoms with Gasteiger partial charge in [-0.15, -0.1) is 0 Å². The first-order chi connectivity index (χ1) is 8.60. The quantitative estimate of drug-likeness (QED) is 0.927. The van der Waals surface area contributed by atoms with E-state index in [2.05, 4.69) is 15.4 Å². The summed E-state index contributed by atoms with van der Waals surface area (Å²) < 4.78 is 1.61. The topological polar surface area (TPSA) is 59.8 Å². The van der Waals surface area contributed by atoms with Crippen molar-refractivity contribution in [1.29, 1.82) is 0 Å². The van der Waals surface area contributed by atoms with Gasteiger partial charge in [0.15, 0.2) is 5.69 Å². The number of aryl methyl sites for hydroxylation is 2. The molecule has 2 aromatic heterocycles. The second kappa shape index (κ2) is 5.18. The first-order valence-electron chi connectivity index (χ1n) is 5.57. The first-order valence-corrected chi connectivity index (χ1v) is 5.95. The molecule has 0 aliphatic rings. The molecule has 0 bridgehead atoms. The molecule has 0 saturated carbocycles. The maximum atomic E-state index is 12.0. The number of nitrogens with one attached hydrogen (secondary N) is 1. The molecule has 0 unspecified atom stereocenters. The van der Waals surface area contributed by atoms with Crippen LogP contribution in [-0.2, 0) is 6.54 Å². The van der Waals surface area contributed by atoms with Gasteiger partial charge in [-0.25, -0.2) is 4.98 Å². The van der Waals surface area contributed by atoms with Crippen LogP contribution in [0.15, 0.2) is 24.5 Å². The summed E-state index contributed by atoms with van der Waals surface area (Å²) in [6, 6.07) is 3.64. The number of carbonyl (C=O) groups excluding carboxylic acids is 1. The van der Waals surface area contributed by atoms with E-state index in [9.17, 15) is 4.79 Å². The standard InChI is InChI=1S/C12H13ClN4O/c1-3-17-7-9(13)11(16-17)12(18)15-10-6-8(2)4-5-14-10/h4-7H,3H2,1-2H3,(H,14,15,18). The number of hydrogen-bond acceptors (Lipinski definition) is 3. The van der Waals surface area contributed by atoms with Gasteiger partial charge in [0.1, 0.15) is 5.82 Å². The minimum Gasteiger partial charge on any atom is -0.305 e. The van der Waals surface area contributed by atoms with Gasteiger partial charge in [-0.3, -0.25) is 9.48 Å². The molecule has 2 heterocycles. The summed E-state index contributed by atoms with van der Waals surface area (Å²) in [5.41, 5.74) is 1.23. The molecule has 0 spiro atoms. The van der Waals surface area contributed by atoms with Crippen molar-refractivity contribution < 1.29 is 4.79 Å². The van der Waals surface area contributed by atoms with Gasteiger partial charge in [-0.2, -0.15) is 5.10 Å². The Balaban J connectivity index is 2.19. The van der Waals surface area contributed by atoms with E-state index < -0.39 is 0 Å². The zero-order valence-electron chi connectivity index (χ0n) is 10.1. The smallest absolute Gasteiger partial charge is 0.278 e. The molecule has 0 aliphatic heterocycles. The lowest BCUT2D eigenvalue weighted by molar-refractivity contribution is 0.102. The van der Waals surface area contributed by atoms with Crippen molar-refractivity contribution in [1.82, 2.24) is 14.8 Å². The van der Waals surface area contributed by atoms with Crippen LogP contribution in [-0.4, -0.2) is 20.7 Å². The second-order valence-electron chi connectivity index (χ2n) is 3.85. The Bertz CT molecular complexity index is 579. The van der Waals surface area contributed by atoms with E-state index in [1.165, 1.54) is 0 Å². The zero-order valence-corrected chi connectivity index (χ0v) is 10.9. The van der Waals surface area contributed by atoms with Crippen molar-refractivity contribution >= 4 is 23.3 Å². The summed E-state index contributed by atoms with van der Waals surface area (Å²) in [5.74, 6) is 0.132. The van der Waals surface area contributed by atoms with Crippen LogP contribution in [0.2, 0.25) is 5.02 Å². The number of anilines is 1. The van der Waals surface area contributed by atoms with E-state index in [0.717, 1.165) is 5.56 Å². The molecule has 1 amide bonds. The highest BCUT2D eigenvalue weighted by Gasteiger charge is 2.15. The van der Waals surface area contributed by atoms with Gasteiger partial charge in [-0.05, 0) is 31.5 Å². The van der Waals surface area contributed by atoms with Gasteiger partial charge < -0.3 is 5.32 Å². The molecule has 18 heavy (non-hydrogen) atoms. The number of hydrogen-bond donors (Lipinski definition) is 1. The number of pyridine rings is 1. The van der Waals surface area contributed by atoms with E-state index in [-0.39, 0.29) is 11.6 Å². The number of nitrogens with zero attached hydrogens (tertiary/aromatic N) is 3. The highest BCUT2D eigenvalue weighted by Crippen LogP contribution is 2.15. The first kappa shape index (κ1) is 12.6. The molecule has 0 saturated heterocycles. The summed E-state index contributed by atoms with van der Waals surface area (Å²) in [7, 11) is 0. The fraction of sp³-hybridized carbons (Fsp3) is 0.250. The lowest BCUT2D eigenvalue weighted by Gasteiger charge is -2.03. The fourth-order valence-electron chi connectivity index (χ4n) is 1.49. The molecule has 0 radical (unpaired) electrons. The number of carbonyl (C=O) groups is 1. The normalized spacial score (nSPS) is 10.4. The molecule has 0 aromatic carbocycles. The largest absolute Gasteiger partial charge is 0.305 e. The van der Waals surface area contributed by atoms with Crippen LogP contribution in [0.4, 0.5) is 5.82 Å². The van der Waals surface area contributed by atoms with Gasteiger partial charge in [0.05, 0.1) is 5.02 Å². The number of rotatable bonds is 3. The molecule has 0 fully saturated rings. The van der Waals surface area contributed by atoms with Crippen LogP contribution in [0.25, 0.3) is 0 Å². The minimum atomic E-state index is -0.356. The Hall–Kier alpha value is -1.88. The summed E-state index contributed by atoms with van der Waals surface area (Å²) in [6.07, 6.45) is 3.26. The van der Waals surface area contributed by atoms with Crippen LogP contribution < -0.4 is 5.32 Å². The van der Waals surface area contributed by atoms with Crippen molar-refractivity contribution in [2.24, 2.45) is 0 Å². The molecular formula is C12H13ClN4O. The number of halogens is 1. The molecule has 1 N–H and O–H groups in total. The predicted octanol–water partition coefficient (Wildman–Crippen LogP) is 2.51. The molecule has 94 valence electrons. The lowest BCUT2D eigenvalue weighted by atomic mass is 10.3. The third kappa shape index (κ3) is 2.68. The van der Waals surface area contributed by atoms with Crippen molar-refractivity contribution in [3.63, 3.8) is 0 Å². The molecule has 2 rings (SSSR count). The number of aromatic nitrogens is 3. The fourth-order valence-corrected chi connectivity index (χ4v) is 1.73. The maximum Gasteiger partial charge on any atom is 0.278 e. The highest BCUT2D eigenvalue weighted by molar-refractivity contribution is 6.34.